The number of carbonyl (C=O) groups is 1. The molecule has 1 saturated heterocycles. The second kappa shape index (κ2) is 7.86. The summed E-state index contributed by atoms with van der Waals surface area (Å²) in [5.74, 6) is -0.182. The van der Waals surface area contributed by atoms with Gasteiger partial charge in [-0.25, -0.2) is 4.79 Å². The maximum Gasteiger partial charge on any atom is 0.330 e. The Morgan fingerprint density at radius 1 is 1.50 bits per heavy atom. The van der Waals surface area contributed by atoms with E-state index in [1.807, 2.05) is 6.92 Å². The fourth-order valence-corrected chi connectivity index (χ4v) is 2.36. The van der Waals surface area contributed by atoms with Crippen molar-refractivity contribution in [1.29, 1.82) is 0 Å². The molecular formula is C11H19I2NO2. The van der Waals surface area contributed by atoms with Crippen molar-refractivity contribution >= 4 is 28.6 Å². The highest BCUT2D eigenvalue weighted by Gasteiger charge is 2.25. The summed E-state index contributed by atoms with van der Waals surface area (Å²) >= 11 is 2.43. The molecule has 0 unspecified atom stereocenters. The molecule has 0 amide bonds. The van der Waals surface area contributed by atoms with E-state index in [9.17, 15) is 4.79 Å². The average molecular weight is 451 g/mol. The summed E-state index contributed by atoms with van der Waals surface area (Å²) in [6, 6.07) is 0. The summed E-state index contributed by atoms with van der Waals surface area (Å²) in [7, 11) is 2.27. The number of esters is 1. The number of likely N-dealkylation sites (tertiary alicyclic amines) is 1. The molecule has 0 aromatic rings. The van der Waals surface area contributed by atoms with Crippen LogP contribution in [0.4, 0.5) is 0 Å². The minimum atomic E-state index is -0.182. The Balaban J connectivity index is 0.00000225. The molecule has 1 aliphatic heterocycles. The summed E-state index contributed by atoms with van der Waals surface area (Å²) in [5, 5.41) is 0. The predicted octanol–water partition coefficient (Wildman–Crippen LogP) is -0.887. The fraction of sp³-hybridized carbons (Fsp3) is 0.727. The first-order chi connectivity index (χ1) is 7.09. The van der Waals surface area contributed by atoms with Crippen molar-refractivity contribution in [2.24, 2.45) is 0 Å². The number of piperidine rings is 1. The van der Waals surface area contributed by atoms with Crippen LogP contribution in [0.2, 0.25) is 0 Å². The molecule has 1 fully saturated rings. The number of quaternary nitrogens is 1. The normalized spacial score (nSPS) is 24.6. The van der Waals surface area contributed by atoms with Crippen molar-refractivity contribution in [3.63, 3.8) is 0 Å². The number of nitrogens with zero attached hydrogens (tertiary/aromatic N) is 1. The maximum atomic E-state index is 11.2. The van der Waals surface area contributed by atoms with Crippen molar-refractivity contribution in [3.05, 3.63) is 11.6 Å². The summed E-state index contributed by atoms with van der Waals surface area (Å²) in [5.41, 5.74) is 1.24. The molecule has 1 rings (SSSR count). The van der Waals surface area contributed by atoms with E-state index in [1.165, 1.54) is 5.57 Å². The fourth-order valence-electron chi connectivity index (χ4n) is 1.68. The van der Waals surface area contributed by atoms with E-state index in [2.05, 4.69) is 29.6 Å². The summed E-state index contributed by atoms with van der Waals surface area (Å²) < 4.78 is 7.16. The van der Waals surface area contributed by atoms with Crippen molar-refractivity contribution in [2.45, 2.75) is 19.8 Å². The average Bonchev–Trinajstić information content (AvgIpc) is 2.22. The van der Waals surface area contributed by atoms with Crippen LogP contribution in [0.1, 0.15) is 19.8 Å². The largest absolute Gasteiger partial charge is 1.00 e. The molecule has 3 nitrogen and oxygen atoms in total. The minimum Gasteiger partial charge on any atom is -1.00 e. The number of hydrogen-bond donors (Lipinski definition) is 0. The van der Waals surface area contributed by atoms with Crippen LogP contribution < -0.4 is 24.0 Å². The van der Waals surface area contributed by atoms with Gasteiger partial charge in [0.05, 0.1) is 26.7 Å². The monoisotopic (exact) mass is 451 g/mol. The Hall–Kier alpha value is 0.630. The first kappa shape index (κ1) is 16.6. The Labute approximate surface area is 128 Å². The first-order valence-electron chi connectivity index (χ1n) is 5.35. The van der Waals surface area contributed by atoms with Gasteiger partial charge in [0.2, 0.25) is 0 Å². The van der Waals surface area contributed by atoms with Gasteiger partial charge >= 0.3 is 5.97 Å². The van der Waals surface area contributed by atoms with Gasteiger partial charge in [0.15, 0.2) is 0 Å². The molecule has 0 aliphatic carbocycles. The van der Waals surface area contributed by atoms with Gasteiger partial charge in [-0.1, -0.05) is 5.57 Å². The van der Waals surface area contributed by atoms with Gasteiger partial charge in [0, 0.05) is 18.9 Å². The molecule has 1 heterocycles. The van der Waals surface area contributed by atoms with E-state index in [0.29, 0.717) is 6.61 Å². The standard InChI is InChI=1S/C11H19INO2.HI/c1-3-15-11(14)8-10-4-6-13(2,9-12)7-5-10;/h8H,3-7,9H2,1-2H3;1H/q+1;/p-1. The minimum absolute atomic E-state index is 0. The molecular weight excluding hydrogens is 432 g/mol. The first-order valence-corrected chi connectivity index (χ1v) is 6.88. The molecule has 5 heteroatoms. The van der Waals surface area contributed by atoms with Crippen LogP contribution in [-0.2, 0) is 9.53 Å². The van der Waals surface area contributed by atoms with Crippen molar-refractivity contribution < 1.29 is 38.0 Å². The second-order valence-electron chi connectivity index (χ2n) is 4.24. The SMILES string of the molecule is CCOC(=O)C=C1CC[N+](C)(CI)CC1.[I-]. The highest BCUT2D eigenvalue weighted by molar-refractivity contribution is 14.1. The Bertz CT molecular complexity index is 257. The van der Waals surface area contributed by atoms with Gasteiger partial charge in [-0.3, -0.25) is 0 Å². The van der Waals surface area contributed by atoms with Crippen LogP contribution in [0.3, 0.4) is 0 Å². The van der Waals surface area contributed by atoms with Crippen LogP contribution in [0.15, 0.2) is 11.6 Å². The lowest BCUT2D eigenvalue weighted by Crippen LogP contribution is -3.00. The molecule has 0 atom stereocenters. The third kappa shape index (κ3) is 5.31. The van der Waals surface area contributed by atoms with E-state index in [4.69, 9.17) is 4.74 Å². The molecule has 0 spiro atoms. The maximum absolute atomic E-state index is 11.2. The molecule has 0 aromatic carbocycles. The number of ether oxygens (including phenoxy) is 1. The van der Waals surface area contributed by atoms with Gasteiger partial charge in [0.25, 0.3) is 0 Å². The summed E-state index contributed by atoms with van der Waals surface area (Å²) in [6.45, 7) is 4.56. The molecule has 0 N–H and O–H groups in total. The Morgan fingerprint density at radius 3 is 2.50 bits per heavy atom. The predicted molar refractivity (Wildman–Crippen MR) is 68.8 cm³/mol. The number of halogens is 2. The van der Waals surface area contributed by atoms with Gasteiger partial charge < -0.3 is 33.2 Å². The van der Waals surface area contributed by atoms with Gasteiger partial charge in [-0.15, -0.1) is 0 Å². The van der Waals surface area contributed by atoms with Crippen LogP contribution in [-0.4, -0.2) is 41.7 Å². The second-order valence-corrected chi connectivity index (χ2v) is 4.92. The number of hydrogen-bond acceptors (Lipinski definition) is 2. The lowest BCUT2D eigenvalue weighted by atomic mass is 10.0. The number of carbonyl (C=O) groups excluding carboxylic acids is 1. The highest BCUT2D eigenvalue weighted by atomic mass is 127. The van der Waals surface area contributed by atoms with Gasteiger partial charge in [-0.05, 0) is 29.5 Å². The number of alkyl halides is 1. The van der Waals surface area contributed by atoms with Crippen LogP contribution in [0, 0.1) is 0 Å². The van der Waals surface area contributed by atoms with E-state index >= 15 is 0 Å². The molecule has 0 radical (unpaired) electrons. The molecule has 0 aromatic heterocycles. The topological polar surface area (TPSA) is 26.3 Å². The lowest BCUT2D eigenvalue weighted by molar-refractivity contribution is -0.896. The smallest absolute Gasteiger partial charge is 0.330 e. The third-order valence-electron chi connectivity index (χ3n) is 2.84. The van der Waals surface area contributed by atoms with E-state index in [0.717, 1.165) is 35.0 Å². The van der Waals surface area contributed by atoms with Gasteiger partial charge in [-0.2, -0.15) is 0 Å². The van der Waals surface area contributed by atoms with Crippen molar-refractivity contribution in [2.75, 3.05) is 31.3 Å². The quantitative estimate of drug-likeness (QED) is 0.139. The van der Waals surface area contributed by atoms with Crippen LogP contribution >= 0.6 is 22.6 Å². The summed E-state index contributed by atoms with van der Waals surface area (Å²) in [6.07, 6.45) is 3.73. The zero-order valence-electron chi connectivity index (χ0n) is 9.84. The molecule has 0 bridgehead atoms. The van der Waals surface area contributed by atoms with Crippen molar-refractivity contribution in [3.8, 4) is 0 Å². The molecule has 16 heavy (non-hydrogen) atoms. The van der Waals surface area contributed by atoms with Gasteiger partial charge in [0.1, 0.15) is 4.55 Å². The number of rotatable bonds is 3. The van der Waals surface area contributed by atoms with E-state index in [1.54, 1.807) is 6.08 Å². The highest BCUT2D eigenvalue weighted by Crippen LogP contribution is 2.22. The molecule has 94 valence electrons. The third-order valence-corrected chi connectivity index (χ3v) is 4.49. The zero-order chi connectivity index (χ0) is 11.3. The van der Waals surface area contributed by atoms with Crippen molar-refractivity contribution in [1.82, 2.24) is 0 Å². The van der Waals surface area contributed by atoms with Crippen LogP contribution in [0.25, 0.3) is 0 Å². The van der Waals surface area contributed by atoms with E-state index in [-0.39, 0.29) is 29.9 Å². The lowest BCUT2D eigenvalue weighted by Gasteiger charge is -2.36. The molecule has 1 aliphatic rings. The van der Waals surface area contributed by atoms with E-state index < -0.39 is 0 Å². The Morgan fingerprint density at radius 2 is 2.06 bits per heavy atom. The summed E-state index contributed by atoms with van der Waals surface area (Å²) in [4.78, 5) is 11.2. The Kier molecular flexibility index (Phi) is 8.17. The van der Waals surface area contributed by atoms with Crippen LogP contribution in [0.5, 0.6) is 0 Å². The zero-order valence-corrected chi connectivity index (χ0v) is 14.2. The molecule has 0 saturated carbocycles.